The van der Waals surface area contributed by atoms with Crippen LogP contribution in [0.1, 0.15) is 46.4 Å². The zero-order valence-corrected chi connectivity index (χ0v) is 15.0. The van der Waals surface area contributed by atoms with Crippen LogP contribution in [0.4, 0.5) is 0 Å². The number of aromatic nitrogens is 5. The van der Waals surface area contributed by atoms with Crippen molar-refractivity contribution in [3.05, 3.63) is 47.4 Å². The number of nitrogens with zero attached hydrogens (tertiary/aromatic N) is 6. The van der Waals surface area contributed by atoms with E-state index in [-0.39, 0.29) is 11.9 Å². The Bertz CT molecular complexity index is 941. The molecule has 0 aromatic carbocycles. The smallest absolute Gasteiger partial charge is 0.257 e. The molecule has 26 heavy (non-hydrogen) atoms. The molecular weight excluding hydrogens is 332 g/mol. The summed E-state index contributed by atoms with van der Waals surface area (Å²) in [4.78, 5) is 23.8. The van der Waals surface area contributed by atoms with Crippen LogP contribution in [0.5, 0.6) is 0 Å². The van der Waals surface area contributed by atoms with Crippen molar-refractivity contribution in [3.8, 4) is 11.4 Å². The first-order valence-corrected chi connectivity index (χ1v) is 8.60. The van der Waals surface area contributed by atoms with Crippen molar-refractivity contribution >= 4 is 5.91 Å². The minimum atomic E-state index is -0.0649. The molecule has 1 atom stereocenters. The van der Waals surface area contributed by atoms with E-state index in [4.69, 9.17) is 9.51 Å². The maximum Gasteiger partial charge on any atom is 0.257 e. The minimum absolute atomic E-state index is 0.0156. The Morgan fingerprint density at radius 3 is 2.88 bits per heavy atom. The van der Waals surface area contributed by atoms with Gasteiger partial charge in [-0.2, -0.15) is 5.10 Å². The molecule has 0 aliphatic carbocycles. The van der Waals surface area contributed by atoms with Gasteiger partial charge in [-0.3, -0.25) is 9.48 Å². The maximum atomic E-state index is 12.9. The summed E-state index contributed by atoms with van der Waals surface area (Å²) in [5, 5.41) is 8.08. The van der Waals surface area contributed by atoms with E-state index >= 15 is 0 Å². The van der Waals surface area contributed by atoms with Crippen molar-refractivity contribution in [2.24, 2.45) is 7.05 Å². The maximum absolute atomic E-state index is 12.9. The molecule has 0 saturated carbocycles. The van der Waals surface area contributed by atoms with Crippen LogP contribution in [0, 0.1) is 13.8 Å². The molecule has 3 aromatic heterocycles. The Balaban J connectivity index is 1.66. The predicted octanol–water partition coefficient (Wildman–Crippen LogP) is 2.46. The molecule has 4 rings (SSSR count). The standard InChI is InChI=1S/C18H20N6O2/c1-11-16(12(2)26-22-11)17-19-7-6-14(21-17)15-5-4-8-24(15)18(25)13-9-20-23(3)10-13/h6-7,9-10,15H,4-5,8H2,1-3H3. The largest absolute Gasteiger partial charge is 0.361 e. The number of carbonyl (C=O) groups excluding carboxylic acids is 1. The quantitative estimate of drug-likeness (QED) is 0.719. The molecule has 8 heteroatoms. The van der Waals surface area contributed by atoms with E-state index in [1.54, 1.807) is 30.3 Å². The lowest BCUT2D eigenvalue weighted by molar-refractivity contribution is 0.0733. The normalized spacial score (nSPS) is 17.0. The summed E-state index contributed by atoms with van der Waals surface area (Å²) in [5.74, 6) is 1.26. The second-order valence-corrected chi connectivity index (χ2v) is 6.56. The Morgan fingerprint density at radius 1 is 1.35 bits per heavy atom. The van der Waals surface area contributed by atoms with E-state index in [0.29, 0.717) is 23.7 Å². The lowest BCUT2D eigenvalue weighted by Crippen LogP contribution is -2.30. The van der Waals surface area contributed by atoms with E-state index in [1.165, 1.54) is 0 Å². The van der Waals surface area contributed by atoms with E-state index in [9.17, 15) is 4.79 Å². The molecule has 1 unspecified atom stereocenters. The van der Waals surface area contributed by atoms with Gasteiger partial charge in [0.25, 0.3) is 5.91 Å². The lowest BCUT2D eigenvalue weighted by atomic mass is 10.1. The number of rotatable bonds is 3. The number of hydrogen-bond donors (Lipinski definition) is 0. The SMILES string of the molecule is Cc1noc(C)c1-c1nccc(C2CCCN2C(=O)c2cnn(C)c2)n1. The number of likely N-dealkylation sites (tertiary alicyclic amines) is 1. The average Bonchev–Trinajstić information content (AvgIpc) is 3.35. The molecule has 1 aliphatic heterocycles. The van der Waals surface area contributed by atoms with Gasteiger partial charge in [-0.15, -0.1) is 0 Å². The molecule has 1 amide bonds. The highest BCUT2D eigenvalue weighted by Crippen LogP contribution is 2.33. The van der Waals surface area contributed by atoms with Gasteiger partial charge in [-0.25, -0.2) is 9.97 Å². The van der Waals surface area contributed by atoms with E-state index in [2.05, 4.69) is 15.2 Å². The van der Waals surface area contributed by atoms with Gasteiger partial charge in [0.2, 0.25) is 0 Å². The fraction of sp³-hybridized carbons (Fsp3) is 0.389. The van der Waals surface area contributed by atoms with Gasteiger partial charge in [0.15, 0.2) is 5.82 Å². The molecule has 0 spiro atoms. The summed E-state index contributed by atoms with van der Waals surface area (Å²) in [5.41, 5.74) is 3.01. The van der Waals surface area contributed by atoms with Crippen molar-refractivity contribution in [1.29, 1.82) is 0 Å². The summed E-state index contributed by atoms with van der Waals surface area (Å²) >= 11 is 0. The topological polar surface area (TPSA) is 89.9 Å². The van der Waals surface area contributed by atoms with Crippen molar-refractivity contribution in [1.82, 2.24) is 29.8 Å². The first-order valence-electron chi connectivity index (χ1n) is 8.60. The second-order valence-electron chi connectivity index (χ2n) is 6.56. The van der Waals surface area contributed by atoms with Crippen molar-refractivity contribution in [2.75, 3.05) is 6.54 Å². The zero-order valence-electron chi connectivity index (χ0n) is 15.0. The second kappa shape index (κ2) is 6.36. The molecule has 4 heterocycles. The molecule has 134 valence electrons. The molecule has 1 saturated heterocycles. The Morgan fingerprint density at radius 2 is 2.19 bits per heavy atom. The van der Waals surface area contributed by atoms with Gasteiger partial charge >= 0.3 is 0 Å². The van der Waals surface area contributed by atoms with Crippen molar-refractivity contribution in [2.45, 2.75) is 32.7 Å². The lowest BCUT2D eigenvalue weighted by Gasteiger charge is -2.24. The van der Waals surface area contributed by atoms with Gasteiger partial charge in [-0.1, -0.05) is 5.16 Å². The van der Waals surface area contributed by atoms with Crippen LogP contribution in [0.3, 0.4) is 0 Å². The average molecular weight is 352 g/mol. The van der Waals surface area contributed by atoms with Gasteiger partial charge < -0.3 is 9.42 Å². The van der Waals surface area contributed by atoms with Crippen LogP contribution in [0.2, 0.25) is 0 Å². The number of carbonyl (C=O) groups is 1. The third-order valence-electron chi connectivity index (χ3n) is 4.74. The van der Waals surface area contributed by atoms with Crippen molar-refractivity contribution < 1.29 is 9.32 Å². The highest BCUT2D eigenvalue weighted by atomic mass is 16.5. The summed E-state index contributed by atoms with van der Waals surface area (Å²) < 4.78 is 6.87. The Kier molecular flexibility index (Phi) is 4.02. The van der Waals surface area contributed by atoms with Crippen LogP contribution in [-0.2, 0) is 7.05 Å². The minimum Gasteiger partial charge on any atom is -0.361 e. The van der Waals surface area contributed by atoms with Gasteiger partial charge in [-0.05, 0) is 32.8 Å². The summed E-state index contributed by atoms with van der Waals surface area (Å²) in [6, 6.07) is 1.81. The molecule has 3 aromatic rings. The molecule has 0 radical (unpaired) electrons. The number of amides is 1. The van der Waals surface area contributed by atoms with E-state index in [1.807, 2.05) is 24.8 Å². The first kappa shape index (κ1) is 16.4. The predicted molar refractivity (Wildman–Crippen MR) is 93.2 cm³/mol. The van der Waals surface area contributed by atoms with Crippen LogP contribution in [0.25, 0.3) is 11.4 Å². The molecule has 0 N–H and O–H groups in total. The van der Waals surface area contributed by atoms with Crippen LogP contribution < -0.4 is 0 Å². The fourth-order valence-electron chi connectivity index (χ4n) is 3.50. The molecular formula is C18H20N6O2. The van der Waals surface area contributed by atoms with Crippen LogP contribution >= 0.6 is 0 Å². The summed E-state index contributed by atoms with van der Waals surface area (Å²) in [7, 11) is 1.80. The third-order valence-corrected chi connectivity index (χ3v) is 4.74. The molecule has 8 nitrogen and oxygen atoms in total. The van der Waals surface area contributed by atoms with Crippen LogP contribution in [-0.4, -0.2) is 42.3 Å². The van der Waals surface area contributed by atoms with Crippen molar-refractivity contribution in [3.63, 3.8) is 0 Å². The van der Waals surface area contributed by atoms with E-state index < -0.39 is 0 Å². The molecule has 1 fully saturated rings. The highest BCUT2D eigenvalue weighted by molar-refractivity contribution is 5.94. The Hall–Kier alpha value is -3.03. The van der Waals surface area contributed by atoms with Crippen LogP contribution in [0.15, 0.2) is 29.2 Å². The zero-order chi connectivity index (χ0) is 18.3. The molecule has 0 bridgehead atoms. The Labute approximate surface area is 150 Å². The third kappa shape index (κ3) is 2.77. The molecule has 1 aliphatic rings. The monoisotopic (exact) mass is 352 g/mol. The van der Waals surface area contributed by atoms with Gasteiger partial charge in [0, 0.05) is 26.0 Å². The van der Waals surface area contributed by atoms with Gasteiger partial charge in [0.05, 0.1) is 34.8 Å². The summed E-state index contributed by atoms with van der Waals surface area (Å²) in [6.07, 6.45) is 6.90. The first-order chi connectivity index (χ1) is 12.5. The number of hydrogen-bond acceptors (Lipinski definition) is 6. The fourth-order valence-corrected chi connectivity index (χ4v) is 3.50. The summed E-state index contributed by atoms with van der Waals surface area (Å²) in [6.45, 7) is 4.43. The highest BCUT2D eigenvalue weighted by Gasteiger charge is 2.32. The number of aryl methyl sites for hydroxylation is 3. The van der Waals surface area contributed by atoms with Gasteiger partial charge in [0.1, 0.15) is 5.76 Å². The van der Waals surface area contributed by atoms with E-state index in [0.717, 1.165) is 29.8 Å².